The Hall–Kier alpha value is -4.55. The third-order valence-corrected chi connectivity index (χ3v) is 4.87. The number of carbonyl (C=O) groups is 6. The topological polar surface area (TPSA) is 194 Å². The Balaban J connectivity index is 0.00000168. The standard InChI is InChI=1S/C23H28N4O7.C2H4O2/c1-13(2)21(23(32)25-12-17(29)11-24-22(31)19-7-8-26-34-19)27-20(30)10-16-9-15(14(3)28)5-6-18(16)33-4;1-2(3)4/h5-9,13,21H,10-12H2,1-4H3,(H,24,31)(H,25,32)(H,27,30);1H3,(H,3,4). The molecule has 0 aliphatic heterocycles. The van der Waals surface area contributed by atoms with Gasteiger partial charge in [-0.1, -0.05) is 19.0 Å². The zero-order valence-corrected chi connectivity index (χ0v) is 21.8. The second kappa shape index (κ2) is 15.5. The Bertz CT molecular complexity index is 1140. The van der Waals surface area contributed by atoms with Gasteiger partial charge >= 0.3 is 0 Å². The molecular formula is C25H32N4O9. The van der Waals surface area contributed by atoms with E-state index in [4.69, 9.17) is 14.6 Å². The second-order valence-corrected chi connectivity index (χ2v) is 8.38. The quantitative estimate of drug-likeness (QED) is 0.284. The van der Waals surface area contributed by atoms with Gasteiger partial charge in [0.25, 0.3) is 11.9 Å². The van der Waals surface area contributed by atoms with E-state index in [-0.39, 0.29) is 37.0 Å². The van der Waals surface area contributed by atoms with Gasteiger partial charge in [0.1, 0.15) is 11.8 Å². The largest absolute Gasteiger partial charge is 0.496 e. The molecule has 1 aromatic carbocycles. The molecule has 13 heteroatoms. The Morgan fingerprint density at radius 2 is 1.66 bits per heavy atom. The van der Waals surface area contributed by atoms with Gasteiger partial charge < -0.3 is 30.3 Å². The Morgan fingerprint density at radius 3 is 2.18 bits per heavy atom. The zero-order valence-electron chi connectivity index (χ0n) is 21.8. The van der Waals surface area contributed by atoms with Crippen molar-refractivity contribution in [3.63, 3.8) is 0 Å². The van der Waals surface area contributed by atoms with Crippen LogP contribution in [0.25, 0.3) is 0 Å². The lowest BCUT2D eigenvalue weighted by molar-refractivity contribution is -0.134. The third-order valence-electron chi connectivity index (χ3n) is 4.87. The second-order valence-electron chi connectivity index (χ2n) is 8.38. The summed E-state index contributed by atoms with van der Waals surface area (Å²) in [6.45, 7) is 5.36. The zero-order chi connectivity index (χ0) is 28.8. The van der Waals surface area contributed by atoms with Gasteiger partial charge in [0.05, 0.1) is 32.8 Å². The number of hydrogen-bond donors (Lipinski definition) is 4. The highest BCUT2D eigenvalue weighted by Crippen LogP contribution is 2.21. The van der Waals surface area contributed by atoms with Crippen molar-refractivity contribution in [3.8, 4) is 5.75 Å². The number of amides is 3. The van der Waals surface area contributed by atoms with Crippen molar-refractivity contribution in [2.24, 2.45) is 5.92 Å². The summed E-state index contributed by atoms with van der Waals surface area (Å²) in [4.78, 5) is 69.7. The van der Waals surface area contributed by atoms with E-state index in [1.54, 1.807) is 32.0 Å². The number of carbonyl (C=O) groups excluding carboxylic acids is 5. The summed E-state index contributed by atoms with van der Waals surface area (Å²) in [5.41, 5.74) is 0.948. The molecule has 4 N–H and O–H groups in total. The summed E-state index contributed by atoms with van der Waals surface area (Å²) >= 11 is 0. The number of hydrogen-bond acceptors (Lipinski definition) is 9. The number of aliphatic carboxylic acids is 1. The molecule has 206 valence electrons. The molecule has 0 saturated carbocycles. The Labute approximate surface area is 219 Å². The van der Waals surface area contributed by atoms with Crippen LogP contribution < -0.4 is 20.7 Å². The summed E-state index contributed by atoms with van der Waals surface area (Å²) in [5.74, 6) is -2.87. The maximum atomic E-state index is 12.6. The molecule has 1 aromatic heterocycles. The Kier molecular flexibility index (Phi) is 12.9. The number of nitrogens with zero attached hydrogens (tertiary/aromatic N) is 1. The first-order valence-corrected chi connectivity index (χ1v) is 11.5. The molecular weight excluding hydrogens is 500 g/mol. The van der Waals surface area contributed by atoms with E-state index < -0.39 is 35.5 Å². The maximum Gasteiger partial charge on any atom is 0.300 e. The molecule has 0 aliphatic rings. The summed E-state index contributed by atoms with van der Waals surface area (Å²) < 4.78 is 9.95. The number of carboxylic acids is 1. The molecule has 13 nitrogen and oxygen atoms in total. The van der Waals surface area contributed by atoms with Gasteiger partial charge in [0.15, 0.2) is 11.6 Å². The highest BCUT2D eigenvalue weighted by molar-refractivity contribution is 5.97. The van der Waals surface area contributed by atoms with E-state index in [1.165, 1.54) is 26.3 Å². The lowest BCUT2D eigenvalue weighted by Gasteiger charge is -2.22. The number of methoxy groups -OCH3 is 1. The van der Waals surface area contributed by atoms with Crippen LogP contribution in [-0.2, 0) is 25.6 Å². The van der Waals surface area contributed by atoms with E-state index >= 15 is 0 Å². The average molecular weight is 533 g/mol. The predicted octanol–water partition coefficient (Wildman–Crippen LogP) is 0.775. The lowest BCUT2D eigenvalue weighted by atomic mass is 10.0. The molecule has 1 unspecified atom stereocenters. The third kappa shape index (κ3) is 11.0. The van der Waals surface area contributed by atoms with E-state index in [9.17, 15) is 24.0 Å². The van der Waals surface area contributed by atoms with Crippen LogP contribution in [0.1, 0.15) is 54.2 Å². The molecule has 2 rings (SSSR count). The Morgan fingerprint density at radius 1 is 1.03 bits per heavy atom. The first kappa shape index (κ1) is 31.5. The van der Waals surface area contributed by atoms with Crippen LogP contribution in [0.2, 0.25) is 0 Å². The summed E-state index contributed by atoms with van der Waals surface area (Å²) in [6, 6.07) is 5.25. The number of carboxylic acid groups (broad SMARTS) is 1. The minimum absolute atomic E-state index is 0.0371. The molecule has 0 aliphatic carbocycles. The normalized spacial score (nSPS) is 10.9. The molecule has 0 bridgehead atoms. The van der Waals surface area contributed by atoms with Gasteiger partial charge in [0, 0.05) is 24.1 Å². The predicted molar refractivity (Wildman–Crippen MR) is 134 cm³/mol. The van der Waals surface area contributed by atoms with Gasteiger partial charge in [-0.15, -0.1) is 0 Å². The van der Waals surface area contributed by atoms with Crippen molar-refractivity contribution >= 4 is 35.3 Å². The van der Waals surface area contributed by atoms with Crippen molar-refractivity contribution in [1.29, 1.82) is 0 Å². The van der Waals surface area contributed by atoms with Gasteiger partial charge in [0.2, 0.25) is 17.6 Å². The van der Waals surface area contributed by atoms with Crippen molar-refractivity contribution in [3.05, 3.63) is 47.3 Å². The highest BCUT2D eigenvalue weighted by Gasteiger charge is 2.25. The van der Waals surface area contributed by atoms with Crippen molar-refractivity contribution in [2.45, 2.75) is 40.2 Å². The summed E-state index contributed by atoms with van der Waals surface area (Å²) in [7, 11) is 1.46. The first-order chi connectivity index (χ1) is 17.8. The van der Waals surface area contributed by atoms with Crippen LogP contribution in [0.15, 0.2) is 35.0 Å². The highest BCUT2D eigenvalue weighted by atomic mass is 16.5. The number of nitrogens with one attached hydrogen (secondary N) is 3. The van der Waals surface area contributed by atoms with Crippen molar-refractivity contribution in [2.75, 3.05) is 20.2 Å². The smallest absolute Gasteiger partial charge is 0.300 e. The number of aromatic nitrogens is 1. The fourth-order valence-electron chi connectivity index (χ4n) is 3.03. The van der Waals surface area contributed by atoms with Gasteiger partial charge in [-0.3, -0.25) is 28.8 Å². The van der Waals surface area contributed by atoms with E-state index in [0.29, 0.717) is 16.9 Å². The van der Waals surface area contributed by atoms with E-state index in [1.807, 2.05) is 0 Å². The van der Waals surface area contributed by atoms with Gasteiger partial charge in [-0.2, -0.15) is 0 Å². The number of rotatable bonds is 12. The van der Waals surface area contributed by atoms with Crippen LogP contribution in [-0.4, -0.2) is 71.8 Å². The molecule has 0 radical (unpaired) electrons. The molecule has 1 atom stereocenters. The minimum Gasteiger partial charge on any atom is -0.496 e. The van der Waals surface area contributed by atoms with Gasteiger partial charge in [-0.25, -0.2) is 0 Å². The number of ether oxygens (including phenoxy) is 1. The fraction of sp³-hybridized carbons (Fsp3) is 0.400. The molecule has 2 aromatic rings. The minimum atomic E-state index is -0.897. The molecule has 1 heterocycles. The number of benzene rings is 1. The van der Waals surface area contributed by atoms with E-state index in [2.05, 4.69) is 25.6 Å². The van der Waals surface area contributed by atoms with Crippen LogP contribution in [0.4, 0.5) is 0 Å². The van der Waals surface area contributed by atoms with Crippen molar-refractivity contribution < 1.29 is 43.1 Å². The first-order valence-electron chi connectivity index (χ1n) is 11.5. The SMILES string of the molecule is CC(=O)O.COc1ccc(C(C)=O)cc1CC(=O)NC(C(=O)NCC(=O)CNC(=O)c1ccno1)C(C)C. The number of ketones is 2. The summed E-state index contributed by atoms with van der Waals surface area (Å²) in [6.07, 6.45) is 1.20. The fourth-order valence-corrected chi connectivity index (χ4v) is 3.03. The number of Topliss-reactive ketones (excluding diaryl/α,β-unsaturated/α-hetero) is 2. The molecule has 0 fully saturated rings. The molecule has 38 heavy (non-hydrogen) atoms. The lowest BCUT2D eigenvalue weighted by Crippen LogP contribution is -2.51. The van der Waals surface area contributed by atoms with E-state index in [0.717, 1.165) is 6.92 Å². The average Bonchev–Trinajstić information content (AvgIpc) is 3.39. The monoisotopic (exact) mass is 532 g/mol. The molecule has 0 saturated heterocycles. The molecule has 0 spiro atoms. The van der Waals surface area contributed by atoms with Crippen LogP contribution in [0.3, 0.4) is 0 Å². The summed E-state index contributed by atoms with van der Waals surface area (Å²) in [5, 5.41) is 18.3. The van der Waals surface area contributed by atoms with Crippen molar-refractivity contribution in [1.82, 2.24) is 21.1 Å². The van der Waals surface area contributed by atoms with Crippen LogP contribution >= 0.6 is 0 Å². The van der Waals surface area contributed by atoms with Gasteiger partial charge in [-0.05, 0) is 31.0 Å². The van der Waals surface area contributed by atoms with Crippen LogP contribution in [0, 0.1) is 5.92 Å². The maximum absolute atomic E-state index is 12.6. The van der Waals surface area contributed by atoms with Crippen LogP contribution in [0.5, 0.6) is 5.75 Å². The molecule has 3 amide bonds.